The highest BCUT2D eigenvalue weighted by molar-refractivity contribution is 7.17. The highest BCUT2D eigenvalue weighted by Crippen LogP contribution is 2.26. The molecular weight excluding hydrogens is 178 g/mol. The molecule has 0 aliphatic rings. The number of thiophene rings is 1. The third-order valence-corrected chi connectivity index (χ3v) is 3.30. The number of aryl methyl sites for hydroxylation is 1. The summed E-state index contributed by atoms with van der Waals surface area (Å²) in [6, 6.07) is 8.70. The Morgan fingerprint density at radius 3 is 3.15 bits per heavy atom. The fraction of sp³-hybridized carbons (Fsp3) is 0.0909. The van der Waals surface area contributed by atoms with Gasteiger partial charge in [-0.2, -0.15) is 0 Å². The lowest BCUT2D eigenvalue weighted by atomic mass is 10.2. The number of pyridine rings is 1. The van der Waals surface area contributed by atoms with Crippen LogP contribution in [-0.4, -0.2) is 4.40 Å². The monoisotopic (exact) mass is 187 g/mol. The first-order chi connectivity index (χ1) is 6.36. The summed E-state index contributed by atoms with van der Waals surface area (Å²) in [6.45, 7) is 2.14. The van der Waals surface area contributed by atoms with Gasteiger partial charge < -0.3 is 4.40 Å². The molecule has 0 aliphatic carbocycles. The Hall–Kier alpha value is -1.28. The second-order valence-corrected chi connectivity index (χ2v) is 4.20. The molecule has 13 heavy (non-hydrogen) atoms. The minimum atomic E-state index is 1.30. The van der Waals surface area contributed by atoms with Crippen LogP contribution in [0, 0.1) is 6.92 Å². The molecule has 1 nitrogen and oxygen atoms in total. The Kier molecular flexibility index (Phi) is 1.30. The van der Waals surface area contributed by atoms with Gasteiger partial charge in [0.1, 0.15) is 0 Å². The Balaban J connectivity index is 2.70. The predicted molar refractivity (Wildman–Crippen MR) is 57.5 cm³/mol. The van der Waals surface area contributed by atoms with Crippen LogP contribution in [0.4, 0.5) is 0 Å². The van der Waals surface area contributed by atoms with E-state index in [1.165, 1.54) is 21.3 Å². The SMILES string of the molecule is Cc1cc2sccc2c2cccn12. The van der Waals surface area contributed by atoms with E-state index in [2.05, 4.69) is 47.2 Å². The van der Waals surface area contributed by atoms with Crippen LogP contribution in [0.2, 0.25) is 0 Å². The zero-order valence-corrected chi connectivity index (χ0v) is 8.14. The second kappa shape index (κ2) is 2.36. The van der Waals surface area contributed by atoms with Crippen LogP contribution in [0.1, 0.15) is 5.69 Å². The maximum absolute atomic E-state index is 2.24. The van der Waals surface area contributed by atoms with E-state index in [0.29, 0.717) is 0 Å². The molecule has 2 heteroatoms. The Labute approximate surface area is 80.2 Å². The average molecular weight is 187 g/mol. The molecule has 0 aliphatic heterocycles. The van der Waals surface area contributed by atoms with Crippen molar-refractivity contribution in [2.75, 3.05) is 0 Å². The molecule has 3 aromatic heterocycles. The molecule has 0 bridgehead atoms. The molecule has 64 valence electrons. The van der Waals surface area contributed by atoms with Gasteiger partial charge in [-0.1, -0.05) is 0 Å². The van der Waals surface area contributed by atoms with Crippen LogP contribution in [0.25, 0.3) is 15.6 Å². The minimum Gasteiger partial charge on any atom is -0.320 e. The van der Waals surface area contributed by atoms with Crippen molar-refractivity contribution >= 4 is 26.9 Å². The van der Waals surface area contributed by atoms with Gasteiger partial charge in [-0.05, 0) is 36.6 Å². The largest absolute Gasteiger partial charge is 0.320 e. The molecule has 0 unspecified atom stereocenters. The van der Waals surface area contributed by atoms with Gasteiger partial charge in [0.05, 0.1) is 5.52 Å². The summed E-state index contributed by atoms with van der Waals surface area (Å²) in [7, 11) is 0. The Morgan fingerprint density at radius 1 is 1.31 bits per heavy atom. The zero-order valence-electron chi connectivity index (χ0n) is 7.32. The smallest absolute Gasteiger partial charge is 0.0539 e. The fourth-order valence-corrected chi connectivity index (χ4v) is 2.70. The standard InChI is InChI=1S/C11H9NS/c1-8-7-11-9(4-6-13-11)10-3-2-5-12(8)10/h2-7H,1H3. The number of hydrogen-bond donors (Lipinski definition) is 0. The van der Waals surface area contributed by atoms with Gasteiger partial charge >= 0.3 is 0 Å². The van der Waals surface area contributed by atoms with Crippen molar-refractivity contribution in [2.24, 2.45) is 0 Å². The van der Waals surface area contributed by atoms with E-state index in [-0.39, 0.29) is 0 Å². The van der Waals surface area contributed by atoms with E-state index in [1.807, 2.05) is 0 Å². The molecule has 0 spiro atoms. The molecule has 0 saturated heterocycles. The van der Waals surface area contributed by atoms with E-state index in [0.717, 1.165) is 0 Å². The van der Waals surface area contributed by atoms with Crippen molar-refractivity contribution in [3.8, 4) is 0 Å². The summed E-state index contributed by atoms with van der Waals surface area (Å²) in [6.07, 6.45) is 2.11. The molecule has 0 saturated carbocycles. The molecule has 0 amide bonds. The zero-order chi connectivity index (χ0) is 8.84. The number of fused-ring (bicyclic) bond motifs is 3. The van der Waals surface area contributed by atoms with Crippen LogP contribution in [0.15, 0.2) is 35.8 Å². The van der Waals surface area contributed by atoms with Crippen LogP contribution in [-0.2, 0) is 0 Å². The summed E-state index contributed by atoms with van der Waals surface area (Å²) >= 11 is 1.81. The predicted octanol–water partition coefficient (Wildman–Crippen LogP) is 3.46. The molecule has 0 radical (unpaired) electrons. The molecule has 0 atom stereocenters. The molecule has 3 aromatic rings. The summed E-state index contributed by atoms with van der Waals surface area (Å²) < 4.78 is 3.61. The number of rotatable bonds is 0. The molecule has 0 N–H and O–H groups in total. The van der Waals surface area contributed by atoms with Gasteiger partial charge in [-0.3, -0.25) is 0 Å². The number of hydrogen-bond acceptors (Lipinski definition) is 1. The topological polar surface area (TPSA) is 4.41 Å². The molecule has 0 fully saturated rings. The van der Waals surface area contributed by atoms with E-state index in [9.17, 15) is 0 Å². The first kappa shape index (κ1) is 7.15. The van der Waals surface area contributed by atoms with Crippen LogP contribution < -0.4 is 0 Å². The first-order valence-corrected chi connectivity index (χ1v) is 5.18. The lowest BCUT2D eigenvalue weighted by Crippen LogP contribution is -1.87. The quantitative estimate of drug-likeness (QED) is 0.507. The van der Waals surface area contributed by atoms with Gasteiger partial charge in [0, 0.05) is 22.0 Å². The van der Waals surface area contributed by atoms with Crippen molar-refractivity contribution in [1.82, 2.24) is 4.40 Å². The van der Waals surface area contributed by atoms with Crippen molar-refractivity contribution in [3.05, 3.63) is 41.5 Å². The van der Waals surface area contributed by atoms with Crippen LogP contribution in [0.5, 0.6) is 0 Å². The maximum Gasteiger partial charge on any atom is 0.0539 e. The van der Waals surface area contributed by atoms with E-state index in [4.69, 9.17) is 0 Å². The third kappa shape index (κ3) is 0.864. The van der Waals surface area contributed by atoms with Crippen molar-refractivity contribution < 1.29 is 0 Å². The van der Waals surface area contributed by atoms with Gasteiger partial charge in [0.15, 0.2) is 0 Å². The first-order valence-electron chi connectivity index (χ1n) is 4.30. The Bertz CT molecular complexity index is 574. The van der Waals surface area contributed by atoms with Gasteiger partial charge in [-0.15, -0.1) is 11.3 Å². The maximum atomic E-state index is 2.24. The Morgan fingerprint density at radius 2 is 2.23 bits per heavy atom. The normalized spacial score (nSPS) is 11.5. The fourth-order valence-electron chi connectivity index (χ4n) is 1.81. The van der Waals surface area contributed by atoms with Crippen molar-refractivity contribution in [1.29, 1.82) is 0 Å². The molecule has 0 aromatic carbocycles. The molecule has 3 rings (SSSR count). The summed E-state index contributed by atoms with van der Waals surface area (Å²) in [5.74, 6) is 0. The minimum absolute atomic E-state index is 1.30. The van der Waals surface area contributed by atoms with Gasteiger partial charge in [-0.25, -0.2) is 0 Å². The number of aromatic nitrogens is 1. The van der Waals surface area contributed by atoms with Gasteiger partial charge in [0.25, 0.3) is 0 Å². The average Bonchev–Trinajstić information content (AvgIpc) is 2.66. The van der Waals surface area contributed by atoms with E-state index in [1.54, 1.807) is 11.3 Å². The lowest BCUT2D eigenvalue weighted by Gasteiger charge is -2.01. The van der Waals surface area contributed by atoms with E-state index < -0.39 is 0 Å². The third-order valence-electron chi connectivity index (χ3n) is 2.44. The molecule has 3 heterocycles. The van der Waals surface area contributed by atoms with Crippen LogP contribution >= 0.6 is 11.3 Å². The highest BCUT2D eigenvalue weighted by atomic mass is 32.1. The lowest BCUT2D eigenvalue weighted by molar-refractivity contribution is 1.12. The van der Waals surface area contributed by atoms with E-state index >= 15 is 0 Å². The van der Waals surface area contributed by atoms with Gasteiger partial charge in [0.2, 0.25) is 0 Å². The van der Waals surface area contributed by atoms with Crippen LogP contribution in [0.3, 0.4) is 0 Å². The highest BCUT2D eigenvalue weighted by Gasteiger charge is 2.02. The van der Waals surface area contributed by atoms with Crippen molar-refractivity contribution in [3.63, 3.8) is 0 Å². The summed E-state index contributed by atoms with van der Waals surface area (Å²) in [5.41, 5.74) is 2.62. The molecular formula is C11H9NS. The number of nitrogens with zero attached hydrogens (tertiary/aromatic N) is 1. The summed E-state index contributed by atoms with van der Waals surface area (Å²) in [4.78, 5) is 0. The second-order valence-electron chi connectivity index (χ2n) is 3.25. The summed E-state index contributed by atoms with van der Waals surface area (Å²) in [5, 5.41) is 3.51. The van der Waals surface area contributed by atoms with Crippen molar-refractivity contribution in [2.45, 2.75) is 6.92 Å².